The Balaban J connectivity index is 0.00000220. The van der Waals surface area contributed by atoms with Crippen molar-refractivity contribution in [2.75, 3.05) is 13.2 Å². The zero-order valence-corrected chi connectivity index (χ0v) is 13.6. The third kappa shape index (κ3) is 4.61. The molecule has 118 valence electrons. The fraction of sp³-hybridized carbons (Fsp3) is 0.562. The van der Waals surface area contributed by atoms with E-state index < -0.39 is 0 Å². The number of benzene rings is 1. The number of aryl methyl sites for hydroxylation is 2. The summed E-state index contributed by atoms with van der Waals surface area (Å²) in [5.41, 5.74) is 7.77. The van der Waals surface area contributed by atoms with Crippen LogP contribution in [-0.2, 0) is 4.79 Å². The fourth-order valence-corrected chi connectivity index (χ4v) is 2.77. The molecule has 5 heteroatoms. The molecule has 0 radical (unpaired) electrons. The van der Waals surface area contributed by atoms with Gasteiger partial charge in [0.2, 0.25) is 0 Å². The van der Waals surface area contributed by atoms with E-state index in [0.29, 0.717) is 6.54 Å². The van der Waals surface area contributed by atoms with Gasteiger partial charge in [-0.25, -0.2) is 0 Å². The first-order valence-electron chi connectivity index (χ1n) is 7.26. The van der Waals surface area contributed by atoms with Crippen LogP contribution in [0.2, 0.25) is 0 Å². The van der Waals surface area contributed by atoms with Gasteiger partial charge in [-0.1, -0.05) is 25.0 Å². The number of hydrogen-bond donors (Lipinski definition) is 2. The van der Waals surface area contributed by atoms with E-state index in [1.165, 1.54) is 0 Å². The maximum Gasteiger partial charge on any atom is 0.258 e. The Hall–Kier alpha value is -1.26. The molecule has 1 aromatic carbocycles. The van der Waals surface area contributed by atoms with Gasteiger partial charge >= 0.3 is 0 Å². The van der Waals surface area contributed by atoms with E-state index in [2.05, 4.69) is 5.32 Å². The highest BCUT2D eigenvalue weighted by Crippen LogP contribution is 2.28. The minimum Gasteiger partial charge on any atom is -0.483 e. The lowest BCUT2D eigenvalue weighted by molar-refractivity contribution is -0.124. The van der Waals surface area contributed by atoms with Gasteiger partial charge in [0, 0.05) is 6.54 Å². The lowest BCUT2D eigenvalue weighted by Gasteiger charge is -2.28. The molecule has 0 saturated heterocycles. The molecule has 1 aliphatic rings. The van der Waals surface area contributed by atoms with E-state index in [4.69, 9.17) is 10.5 Å². The molecular formula is C16H25ClN2O2. The molecule has 0 bridgehead atoms. The smallest absolute Gasteiger partial charge is 0.258 e. The fourth-order valence-electron chi connectivity index (χ4n) is 2.77. The molecule has 1 aromatic rings. The van der Waals surface area contributed by atoms with Crippen LogP contribution in [0.5, 0.6) is 5.75 Å². The van der Waals surface area contributed by atoms with Crippen molar-refractivity contribution in [1.82, 2.24) is 5.32 Å². The maximum absolute atomic E-state index is 12.0. The van der Waals surface area contributed by atoms with Gasteiger partial charge in [0.1, 0.15) is 5.75 Å². The standard InChI is InChI=1S/C16H24N2O2.ClH/c1-12-5-6-13(2)14(9-12)20-10-15(19)18-16(11-17)7-3-4-8-16;/h5-6,9H,3-4,7-8,10-11,17H2,1-2H3,(H,18,19);1H. The summed E-state index contributed by atoms with van der Waals surface area (Å²) in [6.07, 6.45) is 4.21. The lowest BCUT2D eigenvalue weighted by Crippen LogP contribution is -2.52. The molecule has 1 fully saturated rings. The second kappa shape index (κ2) is 7.66. The Labute approximate surface area is 132 Å². The third-order valence-corrected chi connectivity index (χ3v) is 4.06. The number of nitrogens with one attached hydrogen (secondary N) is 1. The van der Waals surface area contributed by atoms with Gasteiger partial charge in [-0.15, -0.1) is 12.4 Å². The molecule has 0 aromatic heterocycles. The minimum absolute atomic E-state index is 0. The summed E-state index contributed by atoms with van der Waals surface area (Å²) in [5.74, 6) is 0.687. The number of hydrogen-bond acceptors (Lipinski definition) is 3. The van der Waals surface area contributed by atoms with Crippen molar-refractivity contribution in [3.8, 4) is 5.75 Å². The van der Waals surface area contributed by atoms with Crippen LogP contribution in [0.15, 0.2) is 18.2 Å². The van der Waals surface area contributed by atoms with Gasteiger partial charge in [-0.3, -0.25) is 4.79 Å². The molecule has 4 nitrogen and oxygen atoms in total. The summed E-state index contributed by atoms with van der Waals surface area (Å²) in [6, 6.07) is 5.99. The first-order valence-corrected chi connectivity index (χ1v) is 7.26. The molecule has 0 unspecified atom stereocenters. The predicted molar refractivity (Wildman–Crippen MR) is 87.1 cm³/mol. The van der Waals surface area contributed by atoms with Crippen molar-refractivity contribution >= 4 is 18.3 Å². The zero-order chi connectivity index (χ0) is 14.6. The molecule has 21 heavy (non-hydrogen) atoms. The SMILES string of the molecule is Cc1ccc(C)c(OCC(=O)NC2(CN)CCCC2)c1.Cl. The van der Waals surface area contributed by atoms with Crippen molar-refractivity contribution in [2.45, 2.75) is 45.1 Å². The van der Waals surface area contributed by atoms with E-state index in [9.17, 15) is 4.79 Å². The van der Waals surface area contributed by atoms with Crippen molar-refractivity contribution in [1.29, 1.82) is 0 Å². The third-order valence-electron chi connectivity index (χ3n) is 4.06. The molecule has 0 spiro atoms. The Morgan fingerprint density at radius 1 is 1.33 bits per heavy atom. The van der Waals surface area contributed by atoms with Crippen LogP contribution in [0, 0.1) is 13.8 Å². The van der Waals surface area contributed by atoms with Crippen molar-refractivity contribution in [2.24, 2.45) is 5.73 Å². The average Bonchev–Trinajstić information content (AvgIpc) is 2.89. The van der Waals surface area contributed by atoms with Crippen LogP contribution >= 0.6 is 12.4 Å². The van der Waals surface area contributed by atoms with E-state index in [0.717, 1.165) is 42.6 Å². The number of halogens is 1. The topological polar surface area (TPSA) is 64.3 Å². The van der Waals surface area contributed by atoms with Crippen LogP contribution in [0.25, 0.3) is 0 Å². The number of nitrogens with two attached hydrogens (primary N) is 1. The summed E-state index contributed by atoms with van der Waals surface area (Å²) >= 11 is 0. The number of carbonyl (C=O) groups excluding carboxylic acids is 1. The Morgan fingerprint density at radius 2 is 2.00 bits per heavy atom. The summed E-state index contributed by atoms with van der Waals surface area (Å²) in [5, 5.41) is 3.06. The first-order chi connectivity index (χ1) is 9.54. The molecule has 1 saturated carbocycles. The van der Waals surface area contributed by atoms with Crippen LogP contribution in [-0.4, -0.2) is 24.6 Å². The van der Waals surface area contributed by atoms with Crippen molar-refractivity contribution in [3.63, 3.8) is 0 Å². The highest BCUT2D eigenvalue weighted by atomic mass is 35.5. The normalized spacial score (nSPS) is 16.1. The van der Waals surface area contributed by atoms with Gasteiger partial charge in [0.25, 0.3) is 5.91 Å². The monoisotopic (exact) mass is 312 g/mol. The van der Waals surface area contributed by atoms with Gasteiger partial charge < -0.3 is 15.8 Å². The predicted octanol–water partition coefficient (Wildman–Crippen LogP) is 2.49. The van der Waals surface area contributed by atoms with Crippen molar-refractivity contribution < 1.29 is 9.53 Å². The van der Waals surface area contributed by atoms with E-state index in [-0.39, 0.29) is 30.5 Å². The van der Waals surface area contributed by atoms with Gasteiger partial charge in [-0.2, -0.15) is 0 Å². The van der Waals surface area contributed by atoms with E-state index in [1.54, 1.807) is 0 Å². The molecule has 0 atom stereocenters. The highest BCUT2D eigenvalue weighted by Gasteiger charge is 2.33. The Morgan fingerprint density at radius 3 is 2.62 bits per heavy atom. The lowest BCUT2D eigenvalue weighted by atomic mass is 9.98. The zero-order valence-electron chi connectivity index (χ0n) is 12.8. The molecule has 2 rings (SSSR count). The quantitative estimate of drug-likeness (QED) is 0.878. The second-order valence-corrected chi connectivity index (χ2v) is 5.80. The number of ether oxygens (including phenoxy) is 1. The highest BCUT2D eigenvalue weighted by molar-refractivity contribution is 5.85. The van der Waals surface area contributed by atoms with Crippen molar-refractivity contribution in [3.05, 3.63) is 29.3 Å². The van der Waals surface area contributed by atoms with Crippen LogP contribution in [0.1, 0.15) is 36.8 Å². The molecular weight excluding hydrogens is 288 g/mol. The number of rotatable bonds is 5. The number of amides is 1. The van der Waals surface area contributed by atoms with Crippen LogP contribution in [0.4, 0.5) is 0 Å². The van der Waals surface area contributed by atoms with E-state index in [1.807, 2.05) is 32.0 Å². The van der Waals surface area contributed by atoms with Gasteiger partial charge in [0.15, 0.2) is 6.61 Å². The Kier molecular flexibility index (Phi) is 6.49. The summed E-state index contributed by atoms with van der Waals surface area (Å²) in [6.45, 7) is 4.54. The van der Waals surface area contributed by atoms with Crippen LogP contribution in [0.3, 0.4) is 0 Å². The summed E-state index contributed by atoms with van der Waals surface area (Å²) < 4.78 is 5.63. The molecule has 3 N–H and O–H groups in total. The molecule has 1 aliphatic carbocycles. The minimum atomic E-state index is -0.206. The maximum atomic E-state index is 12.0. The van der Waals surface area contributed by atoms with E-state index >= 15 is 0 Å². The second-order valence-electron chi connectivity index (χ2n) is 5.80. The average molecular weight is 313 g/mol. The van der Waals surface area contributed by atoms with Gasteiger partial charge in [0.05, 0.1) is 5.54 Å². The molecule has 1 amide bonds. The van der Waals surface area contributed by atoms with Crippen LogP contribution < -0.4 is 15.8 Å². The number of carbonyl (C=O) groups is 1. The largest absolute Gasteiger partial charge is 0.483 e. The van der Waals surface area contributed by atoms with Gasteiger partial charge in [-0.05, 0) is 43.9 Å². The molecule has 0 aliphatic heterocycles. The first kappa shape index (κ1) is 17.8. The summed E-state index contributed by atoms with van der Waals surface area (Å²) in [7, 11) is 0. The Bertz CT molecular complexity index is 485. The summed E-state index contributed by atoms with van der Waals surface area (Å²) in [4.78, 5) is 12.0. The molecule has 0 heterocycles.